The molecular formula is C14H30N2. The third-order valence-electron chi connectivity index (χ3n) is 3.99. The highest BCUT2D eigenvalue weighted by molar-refractivity contribution is 4.72. The van der Waals surface area contributed by atoms with Crippen molar-refractivity contribution in [1.82, 2.24) is 4.90 Å². The lowest BCUT2D eigenvalue weighted by atomic mass is 9.88. The summed E-state index contributed by atoms with van der Waals surface area (Å²) in [6.45, 7) is 11.6. The molecule has 1 aliphatic heterocycles. The van der Waals surface area contributed by atoms with Crippen LogP contribution in [0.25, 0.3) is 0 Å². The van der Waals surface area contributed by atoms with Crippen molar-refractivity contribution >= 4 is 0 Å². The van der Waals surface area contributed by atoms with Crippen LogP contribution in [-0.4, -0.2) is 31.1 Å². The Labute approximate surface area is 102 Å². The Morgan fingerprint density at radius 1 is 1.25 bits per heavy atom. The van der Waals surface area contributed by atoms with Crippen molar-refractivity contribution in [3.63, 3.8) is 0 Å². The number of rotatable bonds is 5. The fourth-order valence-corrected chi connectivity index (χ4v) is 2.43. The molecular weight excluding hydrogens is 196 g/mol. The second-order valence-corrected chi connectivity index (χ2v) is 6.35. The average Bonchev–Trinajstić information content (AvgIpc) is 2.44. The van der Waals surface area contributed by atoms with Crippen LogP contribution in [0.3, 0.4) is 0 Å². The van der Waals surface area contributed by atoms with Gasteiger partial charge in [0, 0.05) is 0 Å². The number of nitrogens with two attached hydrogens (primary N) is 1. The monoisotopic (exact) mass is 226 g/mol. The van der Waals surface area contributed by atoms with Gasteiger partial charge in [0.05, 0.1) is 0 Å². The zero-order chi connectivity index (χ0) is 12.0. The minimum Gasteiger partial charge on any atom is -0.330 e. The SMILES string of the molecule is CC1CCCN(CCCC(C)(C)CN)CC1. The maximum atomic E-state index is 5.76. The second-order valence-electron chi connectivity index (χ2n) is 6.35. The summed E-state index contributed by atoms with van der Waals surface area (Å²) in [5.74, 6) is 0.936. The van der Waals surface area contributed by atoms with Crippen molar-refractivity contribution in [2.75, 3.05) is 26.2 Å². The Kier molecular flexibility index (Phi) is 5.77. The summed E-state index contributed by atoms with van der Waals surface area (Å²) in [5.41, 5.74) is 6.09. The third-order valence-corrected chi connectivity index (χ3v) is 3.99. The summed E-state index contributed by atoms with van der Waals surface area (Å²) in [6, 6.07) is 0. The van der Waals surface area contributed by atoms with Crippen LogP contribution in [0, 0.1) is 11.3 Å². The van der Waals surface area contributed by atoms with E-state index >= 15 is 0 Å². The highest BCUT2D eigenvalue weighted by atomic mass is 15.1. The van der Waals surface area contributed by atoms with Gasteiger partial charge in [-0.25, -0.2) is 0 Å². The molecule has 1 atom stereocenters. The summed E-state index contributed by atoms with van der Waals surface area (Å²) in [7, 11) is 0. The number of hydrogen-bond donors (Lipinski definition) is 1. The number of hydrogen-bond acceptors (Lipinski definition) is 2. The van der Waals surface area contributed by atoms with E-state index in [1.165, 1.54) is 51.7 Å². The van der Waals surface area contributed by atoms with Crippen LogP contribution < -0.4 is 5.73 Å². The first-order valence-corrected chi connectivity index (χ1v) is 6.96. The molecule has 2 heteroatoms. The normalized spacial score (nSPS) is 24.4. The van der Waals surface area contributed by atoms with E-state index in [4.69, 9.17) is 5.73 Å². The minimum atomic E-state index is 0.332. The van der Waals surface area contributed by atoms with Gasteiger partial charge < -0.3 is 10.6 Å². The molecule has 1 fully saturated rings. The van der Waals surface area contributed by atoms with Crippen molar-refractivity contribution in [2.24, 2.45) is 17.1 Å². The Morgan fingerprint density at radius 3 is 2.69 bits per heavy atom. The highest BCUT2D eigenvalue weighted by Crippen LogP contribution is 2.21. The first-order valence-electron chi connectivity index (χ1n) is 6.96. The summed E-state index contributed by atoms with van der Waals surface area (Å²) in [4.78, 5) is 2.65. The molecule has 0 bridgehead atoms. The van der Waals surface area contributed by atoms with Crippen molar-refractivity contribution in [1.29, 1.82) is 0 Å². The van der Waals surface area contributed by atoms with E-state index in [0.29, 0.717) is 5.41 Å². The van der Waals surface area contributed by atoms with Gasteiger partial charge in [-0.3, -0.25) is 0 Å². The molecule has 0 aromatic heterocycles. The van der Waals surface area contributed by atoms with Gasteiger partial charge in [-0.2, -0.15) is 0 Å². The first-order chi connectivity index (χ1) is 7.53. The molecule has 2 N–H and O–H groups in total. The van der Waals surface area contributed by atoms with Crippen molar-refractivity contribution in [2.45, 2.75) is 52.9 Å². The van der Waals surface area contributed by atoms with E-state index in [0.717, 1.165) is 12.5 Å². The van der Waals surface area contributed by atoms with Gasteiger partial charge in [0.25, 0.3) is 0 Å². The van der Waals surface area contributed by atoms with Crippen LogP contribution in [0.5, 0.6) is 0 Å². The number of likely N-dealkylation sites (tertiary alicyclic amines) is 1. The Balaban J connectivity index is 2.17. The largest absolute Gasteiger partial charge is 0.330 e. The molecule has 1 aliphatic rings. The van der Waals surface area contributed by atoms with Gasteiger partial charge in [-0.1, -0.05) is 20.8 Å². The maximum absolute atomic E-state index is 5.76. The van der Waals surface area contributed by atoms with Crippen LogP contribution in [0.4, 0.5) is 0 Å². The van der Waals surface area contributed by atoms with Gasteiger partial charge in [0.1, 0.15) is 0 Å². The first kappa shape index (κ1) is 14.0. The van der Waals surface area contributed by atoms with E-state index in [9.17, 15) is 0 Å². The molecule has 0 spiro atoms. The fourth-order valence-electron chi connectivity index (χ4n) is 2.43. The Hall–Kier alpha value is -0.0800. The van der Waals surface area contributed by atoms with Gasteiger partial charge in [-0.05, 0) is 69.6 Å². The molecule has 0 aromatic rings. The predicted octanol–water partition coefficient (Wildman–Crippen LogP) is 2.87. The summed E-state index contributed by atoms with van der Waals surface area (Å²) in [6.07, 6.45) is 6.76. The average molecular weight is 226 g/mol. The van der Waals surface area contributed by atoms with Crippen molar-refractivity contribution < 1.29 is 0 Å². The zero-order valence-electron chi connectivity index (χ0n) is 11.5. The number of nitrogens with zero attached hydrogens (tertiary/aromatic N) is 1. The molecule has 96 valence electrons. The quantitative estimate of drug-likeness (QED) is 0.781. The molecule has 0 aliphatic carbocycles. The molecule has 2 nitrogen and oxygen atoms in total. The second kappa shape index (κ2) is 6.61. The summed E-state index contributed by atoms with van der Waals surface area (Å²) >= 11 is 0. The summed E-state index contributed by atoms with van der Waals surface area (Å²) < 4.78 is 0. The summed E-state index contributed by atoms with van der Waals surface area (Å²) in [5, 5.41) is 0. The molecule has 0 saturated carbocycles. The van der Waals surface area contributed by atoms with Crippen molar-refractivity contribution in [3.8, 4) is 0 Å². The zero-order valence-corrected chi connectivity index (χ0v) is 11.5. The van der Waals surface area contributed by atoms with E-state index in [1.54, 1.807) is 0 Å². The Bertz CT molecular complexity index is 189. The van der Waals surface area contributed by atoms with Crippen molar-refractivity contribution in [3.05, 3.63) is 0 Å². The molecule has 16 heavy (non-hydrogen) atoms. The fraction of sp³-hybridized carbons (Fsp3) is 1.00. The molecule has 1 unspecified atom stereocenters. The van der Waals surface area contributed by atoms with Gasteiger partial charge in [0.2, 0.25) is 0 Å². The van der Waals surface area contributed by atoms with Crippen LogP contribution in [0.1, 0.15) is 52.9 Å². The third kappa shape index (κ3) is 5.31. The molecule has 1 heterocycles. The minimum absolute atomic E-state index is 0.332. The smallest absolute Gasteiger partial charge is 0.00162 e. The van der Waals surface area contributed by atoms with E-state index in [2.05, 4.69) is 25.7 Å². The van der Waals surface area contributed by atoms with Crippen LogP contribution in [0.2, 0.25) is 0 Å². The van der Waals surface area contributed by atoms with Gasteiger partial charge >= 0.3 is 0 Å². The van der Waals surface area contributed by atoms with Gasteiger partial charge in [-0.15, -0.1) is 0 Å². The standard InChI is InChI=1S/C14H30N2/c1-13-6-4-9-16(11-7-13)10-5-8-14(2,3)12-15/h13H,4-12,15H2,1-3H3. The van der Waals surface area contributed by atoms with E-state index in [-0.39, 0.29) is 0 Å². The topological polar surface area (TPSA) is 29.3 Å². The van der Waals surface area contributed by atoms with Crippen LogP contribution in [-0.2, 0) is 0 Å². The van der Waals surface area contributed by atoms with Crippen LogP contribution in [0.15, 0.2) is 0 Å². The molecule has 0 aromatic carbocycles. The van der Waals surface area contributed by atoms with E-state index in [1.807, 2.05) is 0 Å². The van der Waals surface area contributed by atoms with E-state index < -0.39 is 0 Å². The molecule has 1 rings (SSSR count). The lowest BCUT2D eigenvalue weighted by Crippen LogP contribution is -2.29. The predicted molar refractivity (Wildman–Crippen MR) is 71.5 cm³/mol. The van der Waals surface area contributed by atoms with Crippen LogP contribution >= 0.6 is 0 Å². The molecule has 1 saturated heterocycles. The van der Waals surface area contributed by atoms with Gasteiger partial charge in [0.15, 0.2) is 0 Å². The Morgan fingerprint density at radius 2 is 2.00 bits per heavy atom. The molecule has 0 radical (unpaired) electrons. The maximum Gasteiger partial charge on any atom is -0.00162 e. The lowest BCUT2D eigenvalue weighted by Gasteiger charge is -2.25. The lowest BCUT2D eigenvalue weighted by molar-refractivity contribution is 0.248. The highest BCUT2D eigenvalue weighted by Gasteiger charge is 2.17. The molecule has 0 amide bonds.